The van der Waals surface area contributed by atoms with Crippen molar-refractivity contribution in [2.24, 2.45) is 5.92 Å². The zero-order valence-corrected chi connectivity index (χ0v) is 11.0. The number of hydrogen-bond donors (Lipinski definition) is 2. The molecule has 2 aliphatic rings. The lowest BCUT2D eigenvalue weighted by molar-refractivity contribution is -0.139. The lowest BCUT2D eigenvalue weighted by Gasteiger charge is -2.26. The van der Waals surface area contributed by atoms with Gasteiger partial charge in [0.25, 0.3) is 0 Å². The maximum atomic E-state index is 12.6. The van der Waals surface area contributed by atoms with Gasteiger partial charge < -0.3 is 15.2 Å². The van der Waals surface area contributed by atoms with Crippen molar-refractivity contribution in [2.75, 3.05) is 13.2 Å². The van der Waals surface area contributed by atoms with E-state index in [1.807, 2.05) is 24.3 Å². The topological polar surface area (TPSA) is 75.6 Å². The van der Waals surface area contributed by atoms with Gasteiger partial charge in [-0.3, -0.25) is 9.59 Å². The highest BCUT2D eigenvalue weighted by atomic mass is 16.5. The van der Waals surface area contributed by atoms with Gasteiger partial charge in [0.05, 0.1) is 6.61 Å². The van der Waals surface area contributed by atoms with Crippen LogP contribution in [0.25, 0.3) is 0 Å². The number of fused-ring (bicyclic) bond motifs is 1. The molecule has 1 aromatic rings. The van der Waals surface area contributed by atoms with Crippen LogP contribution in [0.3, 0.4) is 0 Å². The molecule has 3 rings (SSSR count). The Morgan fingerprint density at radius 1 is 1.30 bits per heavy atom. The number of ketones is 1. The molecule has 0 radical (unpaired) electrons. The summed E-state index contributed by atoms with van der Waals surface area (Å²) in [4.78, 5) is 23.5. The van der Waals surface area contributed by atoms with Crippen LogP contribution in [-0.2, 0) is 20.7 Å². The number of carboxylic acid groups (broad SMARTS) is 1. The first kappa shape index (κ1) is 13.3. The molecule has 1 fully saturated rings. The number of benzene rings is 1. The van der Waals surface area contributed by atoms with E-state index in [-0.39, 0.29) is 11.7 Å². The van der Waals surface area contributed by atoms with E-state index in [4.69, 9.17) is 9.84 Å². The lowest BCUT2D eigenvalue weighted by atomic mass is 9.89. The third kappa shape index (κ3) is 2.34. The first-order chi connectivity index (χ1) is 9.66. The smallest absolute Gasteiger partial charge is 0.320 e. The van der Waals surface area contributed by atoms with Crippen LogP contribution >= 0.6 is 0 Å². The van der Waals surface area contributed by atoms with Crippen molar-refractivity contribution in [3.8, 4) is 0 Å². The van der Waals surface area contributed by atoms with Crippen LogP contribution < -0.4 is 5.32 Å². The molecule has 2 heterocycles. The fraction of sp³-hybridized carbons (Fsp3) is 0.467. The van der Waals surface area contributed by atoms with Gasteiger partial charge in [0.15, 0.2) is 5.78 Å². The summed E-state index contributed by atoms with van der Waals surface area (Å²) >= 11 is 0. The summed E-state index contributed by atoms with van der Waals surface area (Å²) < 4.78 is 5.65. The van der Waals surface area contributed by atoms with E-state index in [2.05, 4.69) is 5.32 Å². The predicted octanol–water partition coefficient (Wildman–Crippen LogP) is 0.932. The first-order valence-corrected chi connectivity index (χ1v) is 6.86. The minimum absolute atomic E-state index is 0.00611. The second kappa shape index (κ2) is 5.34. The number of carboxylic acids is 1. The molecule has 0 aromatic heterocycles. The number of aliphatic carboxylic acids is 1. The lowest BCUT2D eigenvalue weighted by Crippen LogP contribution is -2.30. The Morgan fingerprint density at radius 2 is 2.10 bits per heavy atom. The monoisotopic (exact) mass is 275 g/mol. The Bertz CT molecular complexity index is 542. The van der Waals surface area contributed by atoms with E-state index < -0.39 is 18.1 Å². The van der Waals surface area contributed by atoms with Crippen LogP contribution in [0.5, 0.6) is 0 Å². The third-order valence-electron chi connectivity index (χ3n) is 4.08. The van der Waals surface area contributed by atoms with Crippen molar-refractivity contribution in [3.05, 3.63) is 35.4 Å². The van der Waals surface area contributed by atoms with Gasteiger partial charge >= 0.3 is 5.97 Å². The number of Topliss-reactive ketones (excluding diaryl/α,β-unsaturated/α-hetero) is 1. The molecular weight excluding hydrogens is 258 g/mol. The average molecular weight is 275 g/mol. The minimum Gasteiger partial charge on any atom is -0.480 e. The molecule has 0 saturated carbocycles. The van der Waals surface area contributed by atoms with Crippen LogP contribution in [0.15, 0.2) is 24.3 Å². The zero-order chi connectivity index (χ0) is 14.1. The van der Waals surface area contributed by atoms with Gasteiger partial charge in [-0.15, -0.1) is 0 Å². The van der Waals surface area contributed by atoms with Crippen molar-refractivity contribution >= 4 is 11.8 Å². The third-order valence-corrected chi connectivity index (χ3v) is 4.08. The Labute approximate surface area is 116 Å². The fourth-order valence-electron chi connectivity index (χ4n) is 2.98. The zero-order valence-electron chi connectivity index (χ0n) is 11.0. The van der Waals surface area contributed by atoms with Gasteiger partial charge in [-0.1, -0.05) is 24.3 Å². The van der Waals surface area contributed by atoms with Crippen molar-refractivity contribution in [2.45, 2.75) is 25.0 Å². The summed E-state index contributed by atoms with van der Waals surface area (Å²) in [5, 5.41) is 11.9. The van der Waals surface area contributed by atoms with Gasteiger partial charge in [0.2, 0.25) is 0 Å². The van der Waals surface area contributed by atoms with E-state index in [1.54, 1.807) is 0 Å². The molecule has 2 aliphatic heterocycles. The molecule has 0 bridgehead atoms. The summed E-state index contributed by atoms with van der Waals surface area (Å²) in [5.41, 5.74) is 2.08. The summed E-state index contributed by atoms with van der Waals surface area (Å²) in [6.07, 6.45) is 0.621. The standard InChI is InChI=1S/C15H17NO4/c17-13(10-7-12(15(18)19)16-8-10)14-11-4-2-1-3-9(11)5-6-20-14/h1-4,10,12,14,16H,5-8H2,(H,18,19)/t10?,12-,14?/m0/s1. The molecule has 1 aromatic carbocycles. The van der Waals surface area contributed by atoms with Gasteiger partial charge in [0, 0.05) is 12.5 Å². The quantitative estimate of drug-likeness (QED) is 0.858. The first-order valence-electron chi connectivity index (χ1n) is 6.86. The van der Waals surface area contributed by atoms with E-state index >= 15 is 0 Å². The molecule has 0 aliphatic carbocycles. The Hall–Kier alpha value is -1.72. The maximum absolute atomic E-state index is 12.6. The second-order valence-corrected chi connectivity index (χ2v) is 5.33. The molecule has 5 nitrogen and oxygen atoms in total. The second-order valence-electron chi connectivity index (χ2n) is 5.33. The molecule has 2 unspecified atom stereocenters. The molecule has 0 spiro atoms. The van der Waals surface area contributed by atoms with E-state index in [0.29, 0.717) is 19.6 Å². The highest BCUT2D eigenvalue weighted by Crippen LogP contribution is 2.31. The highest BCUT2D eigenvalue weighted by molar-refractivity contribution is 5.89. The average Bonchev–Trinajstić information content (AvgIpc) is 2.96. The van der Waals surface area contributed by atoms with Crippen molar-refractivity contribution in [1.29, 1.82) is 0 Å². The van der Waals surface area contributed by atoms with Crippen LogP contribution in [-0.4, -0.2) is 36.1 Å². The number of ether oxygens (including phenoxy) is 1. The SMILES string of the molecule is O=C(C1CN[C@H](C(=O)O)C1)C1OCCc2ccccc21. The van der Waals surface area contributed by atoms with Crippen molar-refractivity contribution in [3.63, 3.8) is 0 Å². The van der Waals surface area contributed by atoms with E-state index in [9.17, 15) is 9.59 Å². The number of hydrogen-bond acceptors (Lipinski definition) is 4. The van der Waals surface area contributed by atoms with Gasteiger partial charge in [-0.2, -0.15) is 0 Å². The van der Waals surface area contributed by atoms with E-state index in [1.165, 1.54) is 0 Å². The predicted molar refractivity (Wildman–Crippen MR) is 71.4 cm³/mol. The van der Waals surface area contributed by atoms with Crippen LogP contribution in [0.1, 0.15) is 23.7 Å². The molecule has 2 N–H and O–H groups in total. The fourth-order valence-corrected chi connectivity index (χ4v) is 2.98. The molecule has 20 heavy (non-hydrogen) atoms. The van der Waals surface area contributed by atoms with Crippen LogP contribution in [0.4, 0.5) is 0 Å². The maximum Gasteiger partial charge on any atom is 0.320 e. The number of rotatable bonds is 3. The molecule has 3 atom stereocenters. The molecule has 0 amide bonds. The highest BCUT2D eigenvalue weighted by Gasteiger charge is 2.38. The van der Waals surface area contributed by atoms with Crippen LogP contribution in [0, 0.1) is 5.92 Å². The summed E-state index contributed by atoms with van der Waals surface area (Å²) in [6, 6.07) is 7.19. The molecule has 106 valence electrons. The number of carbonyl (C=O) groups is 2. The Morgan fingerprint density at radius 3 is 2.85 bits per heavy atom. The summed E-state index contributed by atoms with van der Waals surface area (Å²) in [7, 11) is 0. The Kier molecular flexibility index (Phi) is 3.54. The number of carbonyl (C=O) groups excluding carboxylic acids is 1. The van der Waals surface area contributed by atoms with Gasteiger partial charge in [0.1, 0.15) is 12.1 Å². The van der Waals surface area contributed by atoms with E-state index in [0.717, 1.165) is 17.5 Å². The normalized spacial score (nSPS) is 28.9. The van der Waals surface area contributed by atoms with Gasteiger partial charge in [-0.25, -0.2) is 0 Å². The van der Waals surface area contributed by atoms with Crippen molar-refractivity contribution < 1.29 is 19.4 Å². The van der Waals surface area contributed by atoms with Crippen LogP contribution in [0.2, 0.25) is 0 Å². The summed E-state index contributed by atoms with van der Waals surface area (Å²) in [6.45, 7) is 0.952. The number of nitrogens with one attached hydrogen (secondary N) is 1. The molecule has 1 saturated heterocycles. The summed E-state index contributed by atoms with van der Waals surface area (Å²) in [5.74, 6) is -1.19. The molecule has 5 heteroatoms. The van der Waals surface area contributed by atoms with Gasteiger partial charge in [-0.05, 0) is 24.0 Å². The molecular formula is C15H17NO4. The Balaban J connectivity index is 1.78. The largest absolute Gasteiger partial charge is 0.480 e. The van der Waals surface area contributed by atoms with Crippen molar-refractivity contribution in [1.82, 2.24) is 5.32 Å². The minimum atomic E-state index is -0.898.